The molecule has 1 heterocycles. The maximum atomic E-state index is 12.4. The Morgan fingerprint density at radius 1 is 0.923 bits per heavy atom. The fourth-order valence-electron chi connectivity index (χ4n) is 2.19. The number of amides is 1. The molecule has 1 aromatic heterocycles. The highest BCUT2D eigenvalue weighted by molar-refractivity contribution is 7.92. The lowest BCUT2D eigenvalue weighted by Gasteiger charge is -2.10. The Kier molecular flexibility index (Phi) is 5.20. The summed E-state index contributed by atoms with van der Waals surface area (Å²) in [6, 6.07) is 15.3. The quantitative estimate of drug-likeness (QED) is 0.697. The van der Waals surface area contributed by atoms with Gasteiger partial charge in [-0.1, -0.05) is 17.7 Å². The summed E-state index contributed by atoms with van der Waals surface area (Å²) in [5.41, 5.74) is 1.19. The van der Waals surface area contributed by atoms with Gasteiger partial charge in [0.05, 0.1) is 4.90 Å². The van der Waals surface area contributed by atoms with Crippen molar-refractivity contribution in [3.05, 3.63) is 83.6 Å². The minimum absolute atomic E-state index is 0.0774. The van der Waals surface area contributed by atoms with Gasteiger partial charge in [-0.15, -0.1) is 0 Å². The molecule has 0 saturated heterocycles. The molecule has 2 N–H and O–H groups in total. The Balaban J connectivity index is 1.78. The van der Waals surface area contributed by atoms with E-state index in [4.69, 9.17) is 11.6 Å². The summed E-state index contributed by atoms with van der Waals surface area (Å²) in [4.78, 5) is 16.3. The number of nitrogens with zero attached hydrogens (tertiary/aromatic N) is 1. The van der Waals surface area contributed by atoms with Crippen molar-refractivity contribution in [2.24, 2.45) is 0 Å². The van der Waals surface area contributed by atoms with E-state index in [1.807, 2.05) is 0 Å². The monoisotopic (exact) mass is 387 g/mol. The Hall–Kier alpha value is -2.90. The first-order valence-electron chi connectivity index (χ1n) is 7.54. The Labute approximate surface area is 155 Å². The van der Waals surface area contributed by atoms with Crippen molar-refractivity contribution in [2.45, 2.75) is 4.90 Å². The molecule has 0 radical (unpaired) electrons. The molecular formula is C18H14ClN3O3S. The second-order valence-electron chi connectivity index (χ2n) is 5.33. The Morgan fingerprint density at radius 2 is 1.62 bits per heavy atom. The molecule has 3 rings (SSSR count). The topological polar surface area (TPSA) is 88.2 Å². The molecule has 26 heavy (non-hydrogen) atoms. The number of benzene rings is 2. The molecule has 0 saturated carbocycles. The van der Waals surface area contributed by atoms with E-state index in [0.717, 1.165) is 0 Å². The minimum Gasteiger partial charge on any atom is -0.322 e. The van der Waals surface area contributed by atoms with Crippen LogP contribution in [0.4, 0.5) is 11.4 Å². The lowest BCUT2D eigenvalue weighted by molar-refractivity contribution is 0.102. The third kappa shape index (κ3) is 4.38. The molecule has 0 unspecified atom stereocenters. The van der Waals surface area contributed by atoms with Gasteiger partial charge in [0, 0.05) is 34.4 Å². The van der Waals surface area contributed by atoms with Crippen molar-refractivity contribution >= 4 is 38.9 Å². The number of carbonyl (C=O) groups is 1. The zero-order valence-corrected chi connectivity index (χ0v) is 15.0. The molecule has 132 valence electrons. The van der Waals surface area contributed by atoms with E-state index < -0.39 is 10.0 Å². The second-order valence-corrected chi connectivity index (χ2v) is 7.45. The SMILES string of the molecule is O=C(Nc1ccncc1)c1cccc(NS(=O)(=O)c2ccc(Cl)cc2)c1. The molecule has 6 nitrogen and oxygen atoms in total. The Bertz CT molecular complexity index is 1020. The van der Waals surface area contributed by atoms with Crippen LogP contribution in [0.15, 0.2) is 78.0 Å². The third-order valence-corrected chi connectivity index (χ3v) is 5.09. The van der Waals surface area contributed by atoms with Crippen molar-refractivity contribution in [3.8, 4) is 0 Å². The van der Waals surface area contributed by atoms with Gasteiger partial charge in [0.25, 0.3) is 15.9 Å². The van der Waals surface area contributed by atoms with Crippen LogP contribution in [-0.4, -0.2) is 19.3 Å². The zero-order valence-electron chi connectivity index (χ0n) is 13.4. The first-order valence-corrected chi connectivity index (χ1v) is 9.40. The van der Waals surface area contributed by atoms with Gasteiger partial charge in [0.1, 0.15) is 0 Å². The number of nitrogens with one attached hydrogen (secondary N) is 2. The number of aromatic nitrogens is 1. The fourth-order valence-corrected chi connectivity index (χ4v) is 3.37. The van der Waals surface area contributed by atoms with Crippen molar-refractivity contribution in [1.82, 2.24) is 4.98 Å². The normalized spacial score (nSPS) is 11.0. The van der Waals surface area contributed by atoms with Crippen LogP contribution in [0.1, 0.15) is 10.4 Å². The molecule has 0 atom stereocenters. The van der Waals surface area contributed by atoms with E-state index in [9.17, 15) is 13.2 Å². The molecule has 0 bridgehead atoms. The summed E-state index contributed by atoms with van der Waals surface area (Å²) < 4.78 is 27.3. The molecule has 0 aliphatic rings. The van der Waals surface area contributed by atoms with Gasteiger partial charge in [0.15, 0.2) is 0 Å². The Morgan fingerprint density at radius 3 is 2.31 bits per heavy atom. The van der Waals surface area contributed by atoms with Gasteiger partial charge in [-0.05, 0) is 54.6 Å². The molecule has 0 spiro atoms. The summed E-state index contributed by atoms with van der Waals surface area (Å²) in [6.45, 7) is 0. The van der Waals surface area contributed by atoms with E-state index in [2.05, 4.69) is 15.0 Å². The van der Waals surface area contributed by atoms with Gasteiger partial charge >= 0.3 is 0 Å². The number of pyridine rings is 1. The number of hydrogen-bond donors (Lipinski definition) is 2. The zero-order chi connectivity index (χ0) is 18.6. The molecular weight excluding hydrogens is 374 g/mol. The minimum atomic E-state index is -3.78. The number of hydrogen-bond acceptors (Lipinski definition) is 4. The van der Waals surface area contributed by atoms with Crippen LogP contribution in [0.5, 0.6) is 0 Å². The molecule has 0 fully saturated rings. The second kappa shape index (κ2) is 7.55. The van der Waals surface area contributed by atoms with Crippen LogP contribution >= 0.6 is 11.6 Å². The van der Waals surface area contributed by atoms with Crippen LogP contribution in [0.3, 0.4) is 0 Å². The molecule has 8 heteroatoms. The number of rotatable bonds is 5. The molecule has 0 aliphatic carbocycles. The lowest BCUT2D eigenvalue weighted by atomic mass is 10.2. The van der Waals surface area contributed by atoms with E-state index >= 15 is 0 Å². The molecule has 2 aromatic carbocycles. The van der Waals surface area contributed by atoms with Gasteiger partial charge in [0.2, 0.25) is 0 Å². The smallest absolute Gasteiger partial charge is 0.261 e. The van der Waals surface area contributed by atoms with E-state index in [1.54, 1.807) is 42.7 Å². The van der Waals surface area contributed by atoms with Crippen molar-refractivity contribution in [2.75, 3.05) is 10.0 Å². The molecule has 1 amide bonds. The van der Waals surface area contributed by atoms with Crippen molar-refractivity contribution < 1.29 is 13.2 Å². The average Bonchev–Trinajstić information content (AvgIpc) is 2.63. The van der Waals surface area contributed by atoms with E-state index in [0.29, 0.717) is 16.3 Å². The number of sulfonamides is 1. The van der Waals surface area contributed by atoms with Gasteiger partial charge in [-0.2, -0.15) is 0 Å². The van der Waals surface area contributed by atoms with Gasteiger partial charge in [-0.3, -0.25) is 14.5 Å². The van der Waals surface area contributed by atoms with Crippen LogP contribution in [0.2, 0.25) is 5.02 Å². The highest BCUT2D eigenvalue weighted by Crippen LogP contribution is 2.19. The lowest BCUT2D eigenvalue weighted by Crippen LogP contribution is -2.15. The van der Waals surface area contributed by atoms with Crippen molar-refractivity contribution in [1.29, 1.82) is 0 Å². The number of carbonyl (C=O) groups excluding carboxylic acids is 1. The van der Waals surface area contributed by atoms with Gasteiger partial charge < -0.3 is 5.32 Å². The number of anilines is 2. The van der Waals surface area contributed by atoms with E-state index in [1.165, 1.54) is 30.3 Å². The van der Waals surface area contributed by atoms with E-state index in [-0.39, 0.29) is 16.5 Å². The summed E-state index contributed by atoms with van der Waals surface area (Å²) in [5.74, 6) is -0.358. The number of halogens is 1. The maximum Gasteiger partial charge on any atom is 0.261 e. The predicted octanol–water partition coefficient (Wildman–Crippen LogP) is 3.79. The van der Waals surface area contributed by atoms with Crippen LogP contribution < -0.4 is 10.0 Å². The largest absolute Gasteiger partial charge is 0.322 e. The highest BCUT2D eigenvalue weighted by atomic mass is 35.5. The van der Waals surface area contributed by atoms with Crippen LogP contribution in [0, 0.1) is 0 Å². The summed E-state index contributed by atoms with van der Waals surface area (Å²) in [6.07, 6.45) is 3.12. The first-order chi connectivity index (χ1) is 12.4. The first kappa shape index (κ1) is 17.9. The summed E-state index contributed by atoms with van der Waals surface area (Å²) >= 11 is 5.78. The van der Waals surface area contributed by atoms with Crippen molar-refractivity contribution in [3.63, 3.8) is 0 Å². The average molecular weight is 388 g/mol. The molecule has 3 aromatic rings. The highest BCUT2D eigenvalue weighted by Gasteiger charge is 2.15. The standard InChI is InChI=1S/C18H14ClN3O3S/c19-14-4-6-17(7-5-14)26(24,25)22-16-3-1-2-13(12-16)18(23)21-15-8-10-20-11-9-15/h1-12,22H,(H,20,21,23). The third-order valence-electron chi connectivity index (χ3n) is 3.44. The summed E-state index contributed by atoms with van der Waals surface area (Å²) in [7, 11) is -3.78. The maximum absolute atomic E-state index is 12.4. The predicted molar refractivity (Wildman–Crippen MR) is 101 cm³/mol. The summed E-state index contributed by atoms with van der Waals surface area (Å²) in [5, 5.41) is 3.16. The fraction of sp³-hybridized carbons (Fsp3) is 0. The van der Waals surface area contributed by atoms with Gasteiger partial charge in [-0.25, -0.2) is 8.42 Å². The van der Waals surface area contributed by atoms with Crippen LogP contribution in [0.25, 0.3) is 0 Å². The molecule has 0 aliphatic heterocycles. The van der Waals surface area contributed by atoms with Crippen LogP contribution in [-0.2, 0) is 10.0 Å².